The lowest BCUT2D eigenvalue weighted by Gasteiger charge is -2.47. The number of fused-ring (bicyclic) bond motifs is 1. The summed E-state index contributed by atoms with van der Waals surface area (Å²) in [6.45, 7) is 3.66. The van der Waals surface area contributed by atoms with Crippen molar-refractivity contribution in [3.63, 3.8) is 0 Å². The maximum absolute atomic E-state index is 11.2. The van der Waals surface area contributed by atoms with E-state index in [9.17, 15) is 25.5 Å². The van der Waals surface area contributed by atoms with Crippen LogP contribution in [0.2, 0.25) is 5.82 Å². The Morgan fingerprint density at radius 1 is 0.786 bits per heavy atom. The molecule has 0 aromatic heterocycles. The lowest BCUT2D eigenvalue weighted by Crippen LogP contribution is -2.64. The molecule has 4 saturated heterocycles. The predicted molar refractivity (Wildman–Crippen MR) is 144 cm³/mol. The van der Waals surface area contributed by atoms with Crippen molar-refractivity contribution in [3.05, 3.63) is 0 Å². The van der Waals surface area contributed by atoms with Crippen molar-refractivity contribution in [1.82, 2.24) is 0 Å². The summed E-state index contributed by atoms with van der Waals surface area (Å²) in [4.78, 5) is 0. The number of aliphatic hydroxyl groups excluding tert-OH is 5. The standard InChI is InChI=1S/C26H46BN3O12/c1-7-4-10(29)21(41-24-12(27)16(33)22-19(39-24)8(2)6-36-22)23(14(7)31)42-26-18(35)20(9(3)37-26)40-25-13(30)17(34)15(32)11(5-28)38-25/h7-26,31-35H,4-6,28-30H2,1-3H3/t7-,8?,9-,10?,11?,12?,13?,14?,15-,16-,17?,18?,19?,20+,21-,22+,23-,24-,25-,26+/m1/s1/i3D. The van der Waals surface area contributed by atoms with E-state index in [0.29, 0.717) is 13.0 Å². The molecule has 2 radical (unpaired) electrons. The molecule has 16 heteroatoms. The second-order valence-corrected chi connectivity index (χ2v) is 12.4. The van der Waals surface area contributed by atoms with E-state index in [1.165, 1.54) is 0 Å². The van der Waals surface area contributed by atoms with Gasteiger partial charge in [-0.15, -0.1) is 0 Å². The van der Waals surface area contributed by atoms with Crippen LogP contribution in [0.25, 0.3) is 0 Å². The van der Waals surface area contributed by atoms with Crippen molar-refractivity contribution >= 4 is 7.85 Å². The minimum atomic E-state index is -1.49. The zero-order valence-electron chi connectivity index (χ0n) is 24.8. The molecule has 0 spiro atoms. The Bertz CT molecular complexity index is 935. The molecule has 0 amide bonds. The van der Waals surface area contributed by atoms with Crippen molar-refractivity contribution in [1.29, 1.82) is 0 Å². The number of nitrogens with two attached hydrogens (primary N) is 3. The fourth-order valence-electron chi connectivity index (χ4n) is 6.55. The Morgan fingerprint density at radius 3 is 2.17 bits per heavy atom. The van der Waals surface area contributed by atoms with Crippen LogP contribution in [0.5, 0.6) is 0 Å². The van der Waals surface area contributed by atoms with Crippen LogP contribution in [0.15, 0.2) is 0 Å². The number of hydrogen-bond donors (Lipinski definition) is 8. The van der Waals surface area contributed by atoms with Crippen molar-refractivity contribution < 1.29 is 60.1 Å². The Labute approximate surface area is 247 Å². The number of hydrogen-bond acceptors (Lipinski definition) is 15. The summed E-state index contributed by atoms with van der Waals surface area (Å²) < 4.78 is 49.5. The van der Waals surface area contributed by atoms with Crippen molar-refractivity contribution in [3.8, 4) is 0 Å². The van der Waals surface area contributed by atoms with E-state index in [4.69, 9.17) is 59.6 Å². The van der Waals surface area contributed by atoms with Gasteiger partial charge in [0.25, 0.3) is 0 Å². The van der Waals surface area contributed by atoms with E-state index in [1.54, 1.807) is 6.92 Å². The summed E-state index contributed by atoms with van der Waals surface area (Å²) in [5.41, 5.74) is 18.2. The minimum Gasteiger partial charge on any atom is -0.391 e. The highest BCUT2D eigenvalue weighted by Crippen LogP contribution is 2.41. The van der Waals surface area contributed by atoms with Crippen LogP contribution < -0.4 is 17.2 Å². The highest BCUT2D eigenvalue weighted by Gasteiger charge is 2.54. The second-order valence-electron chi connectivity index (χ2n) is 12.4. The van der Waals surface area contributed by atoms with Crippen LogP contribution in [0.3, 0.4) is 0 Å². The molecule has 20 atom stereocenters. The van der Waals surface area contributed by atoms with Gasteiger partial charge in [0, 0.05) is 25.7 Å². The minimum absolute atomic E-state index is 0.0116. The smallest absolute Gasteiger partial charge is 0.187 e. The molecule has 240 valence electrons. The van der Waals surface area contributed by atoms with Gasteiger partial charge in [-0.2, -0.15) is 0 Å². The largest absolute Gasteiger partial charge is 0.391 e. The van der Waals surface area contributed by atoms with Crippen LogP contribution in [-0.2, 0) is 33.2 Å². The zero-order valence-corrected chi connectivity index (χ0v) is 23.8. The number of rotatable bonds is 7. The summed E-state index contributed by atoms with van der Waals surface area (Å²) in [6, 6.07) is -1.82. The molecule has 15 nitrogen and oxygen atoms in total. The van der Waals surface area contributed by atoms with Gasteiger partial charge in [-0.25, -0.2) is 0 Å². The van der Waals surface area contributed by atoms with Gasteiger partial charge < -0.3 is 75.9 Å². The molecule has 1 aliphatic carbocycles. The van der Waals surface area contributed by atoms with Gasteiger partial charge in [-0.05, 0) is 19.2 Å². The van der Waals surface area contributed by atoms with Gasteiger partial charge in [0.05, 0.1) is 44.9 Å². The van der Waals surface area contributed by atoms with Gasteiger partial charge in [0.1, 0.15) is 48.8 Å². The SMILES string of the molecule is [2H]C[C@H]1O[C@@H](O[C@@H]2C(O)[C@H](C)CC(N)[C@H]2O[C@H]2OC3C(C)CO[C@H]3[C@H](O)C2[B])C(O)[C@H]1O[C@H]1OC(CN)[C@@H](O)C(O)C1N. The molecular weight excluding hydrogens is 557 g/mol. The molecule has 1 saturated carbocycles. The van der Waals surface area contributed by atoms with Gasteiger partial charge >= 0.3 is 0 Å². The lowest BCUT2D eigenvalue weighted by atomic mass is 9.75. The summed E-state index contributed by atoms with van der Waals surface area (Å²) in [7, 11) is 6.28. The van der Waals surface area contributed by atoms with E-state index < -0.39 is 110 Å². The van der Waals surface area contributed by atoms with Crippen molar-refractivity contribution in [2.75, 3.05) is 13.2 Å². The van der Waals surface area contributed by atoms with Crippen LogP contribution in [0.1, 0.15) is 28.5 Å². The molecule has 0 aromatic carbocycles. The molecule has 5 fully saturated rings. The Balaban J connectivity index is 1.30. The molecule has 5 aliphatic rings. The highest BCUT2D eigenvalue weighted by atomic mass is 16.8. The molecule has 42 heavy (non-hydrogen) atoms. The first kappa shape index (κ1) is 31.4. The van der Waals surface area contributed by atoms with Crippen LogP contribution >= 0.6 is 0 Å². The molecule has 0 bridgehead atoms. The molecule has 5 rings (SSSR count). The van der Waals surface area contributed by atoms with Crippen LogP contribution in [0, 0.1) is 11.8 Å². The summed E-state index contributed by atoms with van der Waals surface area (Å²) in [5.74, 6) is -1.30. The maximum Gasteiger partial charge on any atom is 0.187 e. The first-order valence-corrected chi connectivity index (χ1v) is 14.6. The predicted octanol–water partition coefficient (Wildman–Crippen LogP) is -4.21. The van der Waals surface area contributed by atoms with E-state index >= 15 is 0 Å². The quantitative estimate of drug-likeness (QED) is 0.128. The summed E-state index contributed by atoms with van der Waals surface area (Å²) in [5, 5.41) is 53.7. The normalized spacial score (nSPS) is 57.1. The van der Waals surface area contributed by atoms with E-state index in [1.807, 2.05) is 6.92 Å². The van der Waals surface area contributed by atoms with E-state index in [-0.39, 0.29) is 25.3 Å². The maximum atomic E-state index is 11.2. The second kappa shape index (κ2) is 13.1. The Kier molecular flexibility index (Phi) is 9.78. The fourth-order valence-corrected chi connectivity index (χ4v) is 6.55. The third kappa shape index (κ3) is 6.02. The number of aliphatic hydroxyl groups is 5. The summed E-state index contributed by atoms with van der Waals surface area (Å²) in [6.07, 6.45) is -16.1. The molecule has 4 aliphatic heterocycles. The molecule has 0 aromatic rings. The van der Waals surface area contributed by atoms with Crippen LogP contribution in [0.4, 0.5) is 0 Å². The van der Waals surface area contributed by atoms with Gasteiger partial charge in [-0.3, -0.25) is 0 Å². The third-order valence-corrected chi connectivity index (χ3v) is 9.23. The monoisotopic (exact) mass is 604 g/mol. The molecule has 4 heterocycles. The van der Waals surface area contributed by atoms with Crippen LogP contribution in [-0.4, -0.2) is 151 Å². The first-order valence-electron chi connectivity index (χ1n) is 15.3. The molecule has 11 N–H and O–H groups in total. The fraction of sp³-hybridized carbons (Fsp3) is 1.00. The highest BCUT2D eigenvalue weighted by molar-refractivity contribution is 6.12. The Morgan fingerprint density at radius 2 is 1.48 bits per heavy atom. The van der Waals surface area contributed by atoms with E-state index in [0.717, 1.165) is 0 Å². The lowest BCUT2D eigenvalue weighted by molar-refractivity contribution is -0.301. The number of ether oxygens (including phenoxy) is 7. The Hall–Kier alpha value is -0.535. The first-order chi connectivity index (χ1) is 20.4. The van der Waals surface area contributed by atoms with Crippen molar-refractivity contribution in [2.24, 2.45) is 29.0 Å². The molecular formula is C26H46BN3O12. The summed E-state index contributed by atoms with van der Waals surface area (Å²) >= 11 is 0. The molecule has 9 unspecified atom stereocenters. The zero-order chi connectivity index (χ0) is 31.3. The van der Waals surface area contributed by atoms with Gasteiger partial charge in [0.15, 0.2) is 18.9 Å². The third-order valence-electron chi connectivity index (χ3n) is 9.23. The van der Waals surface area contributed by atoms with Crippen molar-refractivity contribution in [2.45, 2.75) is 137 Å². The topological polar surface area (TPSA) is 244 Å². The van der Waals surface area contributed by atoms with Gasteiger partial charge in [-0.1, -0.05) is 13.8 Å². The van der Waals surface area contributed by atoms with E-state index in [2.05, 4.69) is 0 Å². The average Bonchev–Trinajstić information content (AvgIpc) is 3.50. The average molecular weight is 604 g/mol. The van der Waals surface area contributed by atoms with Gasteiger partial charge in [0.2, 0.25) is 0 Å².